The van der Waals surface area contributed by atoms with Gasteiger partial charge in [-0.15, -0.1) is 0 Å². The van der Waals surface area contributed by atoms with E-state index in [4.69, 9.17) is 0 Å². The number of ketones is 1. The third-order valence-electron chi connectivity index (χ3n) is 5.29. The highest BCUT2D eigenvalue weighted by Crippen LogP contribution is 2.24. The van der Waals surface area contributed by atoms with Gasteiger partial charge in [0.1, 0.15) is 16.5 Å². The average Bonchev–Trinajstić information content (AvgIpc) is 3.18. The fourth-order valence-electron chi connectivity index (χ4n) is 3.57. The summed E-state index contributed by atoms with van der Waals surface area (Å²) in [5, 5.41) is 0.131. The highest BCUT2D eigenvalue weighted by Gasteiger charge is 2.21. The molecule has 0 saturated heterocycles. The van der Waals surface area contributed by atoms with Gasteiger partial charge in [-0.25, -0.2) is 9.37 Å². The topological polar surface area (TPSA) is 111 Å². The van der Waals surface area contributed by atoms with Gasteiger partial charge in [0.25, 0.3) is 11.1 Å². The van der Waals surface area contributed by atoms with Crippen LogP contribution < -0.4 is 21.8 Å². The van der Waals surface area contributed by atoms with Gasteiger partial charge in [0.2, 0.25) is 0 Å². The summed E-state index contributed by atoms with van der Waals surface area (Å²) in [6, 6.07) is 11.9. The Morgan fingerprint density at radius 1 is 0.914 bits per heavy atom. The summed E-state index contributed by atoms with van der Waals surface area (Å²) in [4.78, 5) is 51.1. The van der Waals surface area contributed by atoms with Crippen LogP contribution in [0.5, 0.6) is 0 Å². The molecular formula is C26H22FIN4O3. The summed E-state index contributed by atoms with van der Waals surface area (Å²) in [7, 11) is 0. The van der Waals surface area contributed by atoms with Gasteiger partial charge in [-0.3, -0.25) is 14.4 Å². The molecule has 9 heteroatoms. The summed E-state index contributed by atoms with van der Waals surface area (Å²) in [5.74, 6) is -0.708. The molecule has 4 aromatic rings. The zero-order valence-corrected chi connectivity index (χ0v) is 21.4. The number of hydrogen-bond acceptors (Lipinski definition) is 4. The van der Waals surface area contributed by atoms with Gasteiger partial charge in [0.15, 0.2) is 9.61 Å². The molecule has 0 unspecified atom stereocenters. The quantitative estimate of drug-likeness (QED) is 0.253. The van der Waals surface area contributed by atoms with E-state index in [0.29, 0.717) is 26.2 Å². The van der Waals surface area contributed by atoms with Crippen molar-refractivity contribution in [2.45, 2.75) is 26.2 Å². The number of H-pyrrole nitrogens is 3. The maximum absolute atomic E-state index is 13.2. The van der Waals surface area contributed by atoms with Crippen molar-refractivity contribution < 1.29 is 9.18 Å². The van der Waals surface area contributed by atoms with E-state index in [1.165, 1.54) is 30.3 Å². The lowest BCUT2D eigenvalue weighted by Crippen LogP contribution is -2.46. The van der Waals surface area contributed by atoms with Crippen molar-refractivity contribution in [3.05, 3.63) is 118 Å². The minimum atomic E-state index is -0.492. The molecule has 7 nitrogen and oxygen atoms in total. The number of aromatic nitrogens is 4. The van der Waals surface area contributed by atoms with Crippen LogP contribution >= 0.6 is 22.6 Å². The van der Waals surface area contributed by atoms with Gasteiger partial charge < -0.3 is 15.0 Å². The second-order valence-electron chi connectivity index (χ2n) is 9.02. The Hall–Kier alpha value is -3.60. The Morgan fingerprint density at radius 2 is 1.54 bits per heavy atom. The number of nitrogens with zero attached hydrogens (tertiary/aromatic N) is 1. The number of imidazole rings is 1. The summed E-state index contributed by atoms with van der Waals surface area (Å²) < 4.78 is 13.8. The molecule has 0 saturated carbocycles. The Labute approximate surface area is 213 Å². The molecule has 0 aliphatic carbocycles. The Morgan fingerprint density at radius 3 is 2.17 bits per heavy atom. The molecule has 178 valence electrons. The molecular weight excluding hydrogens is 562 g/mol. The van der Waals surface area contributed by atoms with E-state index < -0.39 is 16.9 Å². The molecule has 0 aliphatic heterocycles. The van der Waals surface area contributed by atoms with Crippen LogP contribution in [0.15, 0.2) is 58.1 Å². The second-order valence-corrected chi connectivity index (χ2v) is 10.0. The number of carbonyl (C=O) groups excluding carboxylic acids is 1. The fourth-order valence-corrected chi connectivity index (χ4v) is 4.10. The van der Waals surface area contributed by atoms with Crippen LogP contribution in [-0.2, 0) is 5.41 Å². The molecule has 0 amide bonds. The van der Waals surface area contributed by atoms with Gasteiger partial charge in [0, 0.05) is 22.2 Å². The normalized spacial score (nSPS) is 12.8. The van der Waals surface area contributed by atoms with Crippen LogP contribution in [0.25, 0.3) is 12.2 Å². The third kappa shape index (κ3) is 5.56. The van der Waals surface area contributed by atoms with Crippen molar-refractivity contribution in [1.29, 1.82) is 0 Å². The van der Waals surface area contributed by atoms with Crippen LogP contribution in [0, 0.1) is 9.65 Å². The number of hydrogen-bond donors (Lipinski definition) is 3. The van der Waals surface area contributed by atoms with E-state index in [-0.39, 0.29) is 21.9 Å². The molecule has 0 radical (unpaired) electrons. The maximum atomic E-state index is 13.2. The summed E-state index contributed by atoms with van der Waals surface area (Å²) in [6.07, 6.45) is 3.04. The van der Waals surface area contributed by atoms with Crippen LogP contribution in [0.2, 0.25) is 0 Å². The summed E-state index contributed by atoms with van der Waals surface area (Å²) >= 11 is 2.06. The molecule has 2 aromatic heterocycles. The lowest BCUT2D eigenvalue weighted by Gasteiger charge is -2.16. The minimum absolute atomic E-state index is 0.0474. The molecule has 0 bridgehead atoms. The van der Waals surface area contributed by atoms with Crippen molar-refractivity contribution >= 4 is 40.5 Å². The van der Waals surface area contributed by atoms with Crippen LogP contribution in [-0.4, -0.2) is 25.7 Å². The molecule has 2 aromatic carbocycles. The van der Waals surface area contributed by atoms with Crippen LogP contribution in [0.4, 0.5) is 4.39 Å². The van der Waals surface area contributed by atoms with Crippen molar-refractivity contribution in [2.75, 3.05) is 0 Å². The number of benzene rings is 2. The molecule has 0 fully saturated rings. The van der Waals surface area contributed by atoms with E-state index >= 15 is 0 Å². The van der Waals surface area contributed by atoms with Gasteiger partial charge >= 0.3 is 0 Å². The molecule has 0 atom stereocenters. The van der Waals surface area contributed by atoms with Gasteiger partial charge in [0.05, 0.1) is 5.69 Å². The largest absolute Gasteiger partial charge is 0.336 e. The van der Waals surface area contributed by atoms with Crippen molar-refractivity contribution in [2.24, 2.45) is 0 Å². The Bertz CT molecular complexity index is 1660. The molecule has 0 aliphatic rings. The van der Waals surface area contributed by atoms with E-state index in [0.717, 1.165) is 5.69 Å². The molecule has 0 spiro atoms. The number of carbonyl (C=O) groups is 1. The lowest BCUT2D eigenvalue weighted by molar-refractivity contribution is 0.103. The summed E-state index contributed by atoms with van der Waals surface area (Å²) in [5.41, 5.74) is 1.48. The number of rotatable bonds is 4. The van der Waals surface area contributed by atoms with Crippen LogP contribution in [0.3, 0.4) is 0 Å². The van der Waals surface area contributed by atoms with Crippen molar-refractivity contribution in [1.82, 2.24) is 19.9 Å². The van der Waals surface area contributed by atoms with E-state index in [1.54, 1.807) is 30.3 Å². The van der Waals surface area contributed by atoms with E-state index in [1.807, 2.05) is 20.8 Å². The van der Waals surface area contributed by atoms with Crippen molar-refractivity contribution in [3.8, 4) is 0 Å². The van der Waals surface area contributed by atoms with Gasteiger partial charge in [-0.1, -0.05) is 39.0 Å². The predicted molar refractivity (Wildman–Crippen MR) is 140 cm³/mol. The first-order chi connectivity index (χ1) is 16.5. The summed E-state index contributed by atoms with van der Waals surface area (Å²) in [6.45, 7) is 6.07. The molecule has 4 rings (SSSR count). The van der Waals surface area contributed by atoms with E-state index in [2.05, 4.69) is 42.5 Å². The Balaban J connectivity index is 1.74. The number of aromatic amines is 3. The first kappa shape index (κ1) is 24.5. The zero-order valence-electron chi connectivity index (χ0n) is 19.2. The van der Waals surface area contributed by atoms with Gasteiger partial charge in [-0.2, -0.15) is 0 Å². The van der Waals surface area contributed by atoms with Crippen LogP contribution in [0.1, 0.15) is 53.6 Å². The van der Waals surface area contributed by atoms with Crippen molar-refractivity contribution in [3.63, 3.8) is 0 Å². The maximum Gasteiger partial charge on any atom is 0.272 e. The first-order valence-corrected chi connectivity index (χ1v) is 11.8. The smallest absolute Gasteiger partial charge is 0.272 e. The van der Waals surface area contributed by atoms with Gasteiger partial charge in [-0.05, 0) is 70.6 Å². The number of nitrogens with one attached hydrogen (secondary N) is 3. The Kier molecular flexibility index (Phi) is 6.70. The fraction of sp³-hybridized carbons (Fsp3) is 0.154. The highest BCUT2D eigenvalue weighted by molar-refractivity contribution is 14.1. The average molecular weight is 584 g/mol. The number of halogens is 2. The zero-order chi connectivity index (χ0) is 25.3. The lowest BCUT2D eigenvalue weighted by atomic mass is 9.90. The minimum Gasteiger partial charge on any atom is -0.336 e. The molecule has 2 heterocycles. The third-order valence-corrected chi connectivity index (χ3v) is 5.80. The SMILES string of the molecule is CC(C)(C)c1[nH]c(I)nc1C=c1[nH]c(=O)c(=Cc2cccc(C(=O)c3ccc(F)cc3)c2)[nH]c1=O. The van der Waals surface area contributed by atoms with E-state index in [9.17, 15) is 18.8 Å². The second kappa shape index (κ2) is 9.57. The first-order valence-electron chi connectivity index (χ1n) is 10.7. The standard InChI is InChI=1S/C26H22FIN4O3/c1-26(2,3)22-18(31-25(28)32-22)13-20-24(35)29-19(23(34)30-20)12-14-5-4-6-16(11-14)21(33)15-7-9-17(27)10-8-15/h4-13H,1-3H3,(H,29,35)(H,30,34)(H,31,32). The monoisotopic (exact) mass is 584 g/mol. The molecule has 3 N–H and O–H groups in total. The molecule has 35 heavy (non-hydrogen) atoms. The highest BCUT2D eigenvalue weighted by atomic mass is 127. The predicted octanol–water partition coefficient (Wildman–Crippen LogP) is 2.72.